The van der Waals surface area contributed by atoms with Gasteiger partial charge in [0.25, 0.3) is 0 Å². The van der Waals surface area contributed by atoms with Gasteiger partial charge in [-0.2, -0.15) is 0 Å². The zero-order chi connectivity index (χ0) is 18.3. The van der Waals surface area contributed by atoms with Crippen LogP contribution in [0.2, 0.25) is 0 Å². The standard InChI is InChI=1S/C25H46P2/c1(10-20-26(22-12-2-3-13-22)23-14-4-5-15-23)11-21-27(24-16-6-7-17-24)25-18-8-9-19-25/h22-25H,1-21H2. The largest absolute Gasteiger partial charge is 0.100 e. The molecule has 0 atom stereocenters. The van der Waals surface area contributed by atoms with Gasteiger partial charge in [-0.25, -0.2) is 0 Å². The van der Waals surface area contributed by atoms with Crippen molar-refractivity contribution in [3.8, 4) is 0 Å². The quantitative estimate of drug-likeness (QED) is 0.250. The zero-order valence-electron chi connectivity index (χ0n) is 18.1. The van der Waals surface area contributed by atoms with Crippen molar-refractivity contribution in [2.24, 2.45) is 0 Å². The van der Waals surface area contributed by atoms with Gasteiger partial charge >= 0.3 is 0 Å². The molecule has 0 saturated heterocycles. The molecular weight excluding hydrogens is 362 g/mol. The molecule has 0 unspecified atom stereocenters. The first-order chi connectivity index (χ1) is 13.4. The Morgan fingerprint density at radius 2 is 0.630 bits per heavy atom. The fourth-order valence-electron chi connectivity index (χ4n) is 7.04. The van der Waals surface area contributed by atoms with Gasteiger partial charge in [-0.3, -0.25) is 0 Å². The van der Waals surface area contributed by atoms with Crippen molar-refractivity contribution >= 4 is 15.8 Å². The SMILES string of the molecule is C(CCP(C1CCCC1)C1CCCC1)CCP(C1CCCC1)C1CCCC1. The minimum absolute atomic E-state index is 0.393. The summed E-state index contributed by atoms with van der Waals surface area (Å²) in [5.74, 6) is 0. The Morgan fingerprint density at radius 1 is 0.370 bits per heavy atom. The molecule has 0 nitrogen and oxygen atoms in total. The van der Waals surface area contributed by atoms with Crippen LogP contribution in [-0.4, -0.2) is 35.0 Å². The highest BCUT2D eigenvalue weighted by Crippen LogP contribution is 2.59. The number of hydrogen-bond donors (Lipinski definition) is 0. The summed E-state index contributed by atoms with van der Waals surface area (Å²) in [5.41, 5.74) is 4.77. The average Bonchev–Trinajstić information content (AvgIpc) is 3.51. The Labute approximate surface area is 172 Å². The number of rotatable bonds is 10. The molecule has 0 heterocycles. The van der Waals surface area contributed by atoms with Crippen LogP contribution < -0.4 is 0 Å². The maximum Gasteiger partial charge on any atom is -0.0207 e. The molecule has 2 heteroatoms. The molecule has 0 N–H and O–H groups in total. The Hall–Kier alpha value is 0.860. The molecule has 0 aromatic carbocycles. The smallest absolute Gasteiger partial charge is 0.0207 e. The van der Waals surface area contributed by atoms with Crippen molar-refractivity contribution in [3.63, 3.8) is 0 Å². The highest BCUT2D eigenvalue weighted by Gasteiger charge is 2.33. The molecule has 0 radical (unpaired) electrons. The number of unbranched alkanes of at least 4 members (excludes halogenated alkanes) is 2. The van der Waals surface area contributed by atoms with E-state index in [-0.39, 0.29) is 0 Å². The third kappa shape index (κ3) is 5.94. The van der Waals surface area contributed by atoms with E-state index in [0.717, 1.165) is 0 Å². The van der Waals surface area contributed by atoms with E-state index in [9.17, 15) is 0 Å². The molecule has 0 aliphatic heterocycles. The van der Waals surface area contributed by atoms with Gasteiger partial charge in [-0.05, 0) is 99.2 Å². The van der Waals surface area contributed by atoms with Gasteiger partial charge < -0.3 is 0 Å². The Bertz CT molecular complexity index is 329. The van der Waals surface area contributed by atoms with E-state index >= 15 is 0 Å². The number of hydrogen-bond acceptors (Lipinski definition) is 0. The summed E-state index contributed by atoms with van der Waals surface area (Å²) >= 11 is 0. The second kappa shape index (κ2) is 11.3. The second-order valence-electron chi connectivity index (χ2n) is 10.3. The normalized spacial score (nSPS) is 26.4. The first-order valence-electron chi connectivity index (χ1n) is 12.9. The van der Waals surface area contributed by atoms with Crippen LogP contribution in [0.15, 0.2) is 0 Å². The van der Waals surface area contributed by atoms with E-state index in [4.69, 9.17) is 0 Å². The lowest BCUT2D eigenvalue weighted by atomic mass is 10.3. The topological polar surface area (TPSA) is 0 Å². The predicted molar refractivity (Wildman–Crippen MR) is 126 cm³/mol. The molecule has 156 valence electrons. The van der Waals surface area contributed by atoms with Crippen molar-refractivity contribution in [2.75, 3.05) is 12.3 Å². The molecule has 0 aromatic rings. The molecule has 4 fully saturated rings. The fourth-order valence-corrected chi connectivity index (χ4v) is 15.0. The molecule has 0 aromatic heterocycles. The van der Waals surface area contributed by atoms with E-state index < -0.39 is 0 Å². The molecule has 4 rings (SSSR count). The summed E-state index contributed by atoms with van der Waals surface area (Å²) in [6.45, 7) is 0. The molecule has 4 saturated carbocycles. The van der Waals surface area contributed by atoms with Crippen LogP contribution in [0.3, 0.4) is 0 Å². The lowest BCUT2D eigenvalue weighted by Gasteiger charge is -2.31. The molecule has 4 aliphatic rings. The van der Waals surface area contributed by atoms with Crippen molar-refractivity contribution < 1.29 is 0 Å². The van der Waals surface area contributed by atoms with Crippen molar-refractivity contribution in [1.29, 1.82) is 0 Å². The monoisotopic (exact) mass is 408 g/mol. The zero-order valence-corrected chi connectivity index (χ0v) is 19.8. The summed E-state index contributed by atoms with van der Waals surface area (Å²) in [5, 5.41) is 0. The van der Waals surface area contributed by atoms with Gasteiger partial charge in [-0.15, -0.1) is 15.8 Å². The van der Waals surface area contributed by atoms with E-state index in [2.05, 4.69) is 0 Å². The molecule has 0 spiro atoms. The van der Waals surface area contributed by atoms with Crippen LogP contribution in [0.5, 0.6) is 0 Å². The lowest BCUT2D eigenvalue weighted by molar-refractivity contribution is 0.747. The highest BCUT2D eigenvalue weighted by atomic mass is 31.1. The second-order valence-corrected chi connectivity index (χ2v) is 16.2. The van der Waals surface area contributed by atoms with Crippen LogP contribution in [0.25, 0.3) is 0 Å². The molecule has 0 bridgehead atoms. The van der Waals surface area contributed by atoms with E-state index in [0.29, 0.717) is 15.8 Å². The molecule has 4 aliphatic carbocycles. The maximum absolute atomic E-state index is 1.66. The predicted octanol–water partition coefficient (Wildman–Crippen LogP) is 8.89. The average molecular weight is 409 g/mol. The first kappa shape index (κ1) is 21.1. The van der Waals surface area contributed by atoms with E-state index in [1.54, 1.807) is 134 Å². The summed E-state index contributed by atoms with van der Waals surface area (Å²) in [7, 11) is 0.786. The van der Waals surface area contributed by atoms with Crippen LogP contribution >= 0.6 is 15.8 Å². The van der Waals surface area contributed by atoms with E-state index in [1.165, 1.54) is 22.6 Å². The highest BCUT2D eigenvalue weighted by molar-refractivity contribution is 7.59. The molecule has 27 heavy (non-hydrogen) atoms. The van der Waals surface area contributed by atoms with Gasteiger partial charge in [0.2, 0.25) is 0 Å². The molecule has 0 amide bonds. The maximum atomic E-state index is 1.66. The van der Waals surface area contributed by atoms with Crippen molar-refractivity contribution in [1.82, 2.24) is 0 Å². The van der Waals surface area contributed by atoms with Gasteiger partial charge in [0.05, 0.1) is 0 Å². The third-order valence-corrected chi connectivity index (χ3v) is 16.0. The lowest BCUT2D eigenvalue weighted by Crippen LogP contribution is -2.13. The van der Waals surface area contributed by atoms with Gasteiger partial charge in [0.15, 0.2) is 0 Å². The van der Waals surface area contributed by atoms with Crippen molar-refractivity contribution in [3.05, 3.63) is 0 Å². The van der Waals surface area contributed by atoms with Gasteiger partial charge in [0, 0.05) is 0 Å². The first-order valence-corrected chi connectivity index (χ1v) is 16.3. The minimum atomic E-state index is 0.393. The Balaban J connectivity index is 1.20. The van der Waals surface area contributed by atoms with Gasteiger partial charge in [-0.1, -0.05) is 57.8 Å². The molecular formula is C25H46P2. The fraction of sp³-hybridized carbons (Fsp3) is 1.00. The van der Waals surface area contributed by atoms with Crippen LogP contribution in [0.4, 0.5) is 0 Å². The third-order valence-electron chi connectivity index (χ3n) is 8.51. The summed E-state index contributed by atoms with van der Waals surface area (Å²) in [6.07, 6.45) is 33.4. The Kier molecular flexibility index (Phi) is 8.84. The van der Waals surface area contributed by atoms with Crippen LogP contribution in [0, 0.1) is 0 Å². The Morgan fingerprint density at radius 3 is 0.889 bits per heavy atom. The minimum Gasteiger partial charge on any atom is -0.100 e. The van der Waals surface area contributed by atoms with E-state index in [1.807, 2.05) is 0 Å². The van der Waals surface area contributed by atoms with Gasteiger partial charge in [0.1, 0.15) is 0 Å². The summed E-state index contributed by atoms with van der Waals surface area (Å²) in [6, 6.07) is 0. The summed E-state index contributed by atoms with van der Waals surface area (Å²) in [4.78, 5) is 0. The summed E-state index contributed by atoms with van der Waals surface area (Å²) < 4.78 is 0. The van der Waals surface area contributed by atoms with Crippen molar-refractivity contribution in [2.45, 2.75) is 145 Å². The van der Waals surface area contributed by atoms with Crippen LogP contribution in [0.1, 0.15) is 122 Å². The van der Waals surface area contributed by atoms with Crippen LogP contribution in [-0.2, 0) is 0 Å².